The van der Waals surface area contributed by atoms with Gasteiger partial charge in [-0.05, 0) is 31.4 Å². The Balaban J connectivity index is 1.41. The zero-order chi connectivity index (χ0) is 16.4. The third-order valence-electron chi connectivity index (χ3n) is 5.68. The number of carbonyl (C=O) groups excluding carboxylic acids is 1. The normalized spacial score (nSPS) is 31.8. The first-order valence-corrected chi connectivity index (χ1v) is 9.05. The predicted molar refractivity (Wildman–Crippen MR) is 87.3 cm³/mol. The number of hydrogen-bond donors (Lipinski definition) is 1. The van der Waals surface area contributed by atoms with E-state index < -0.39 is 0 Å². The average molecular weight is 334 g/mol. The minimum absolute atomic E-state index is 0.00376. The number of nitrogens with one attached hydrogen (secondary N) is 1. The Labute approximate surface area is 142 Å². The molecule has 3 aliphatic rings. The molecule has 0 saturated carbocycles. The van der Waals surface area contributed by atoms with Crippen LogP contribution in [0.5, 0.6) is 0 Å². The Hall–Kier alpha value is -1.37. The Morgan fingerprint density at radius 2 is 2.08 bits per heavy atom. The van der Waals surface area contributed by atoms with E-state index in [2.05, 4.69) is 10.2 Å². The van der Waals surface area contributed by atoms with Gasteiger partial charge in [-0.15, -0.1) is 0 Å². The Morgan fingerprint density at radius 1 is 1.21 bits per heavy atom. The maximum absolute atomic E-state index is 12.8. The molecule has 1 N–H and O–H groups in total. The van der Waals surface area contributed by atoms with Crippen LogP contribution in [-0.2, 0) is 20.8 Å². The van der Waals surface area contributed by atoms with Crippen molar-refractivity contribution >= 4 is 5.91 Å². The molecule has 6 nitrogen and oxygen atoms in total. The number of fused-ring (bicyclic) bond motifs is 1. The van der Waals surface area contributed by atoms with Crippen molar-refractivity contribution in [3.63, 3.8) is 0 Å². The smallest absolute Gasteiger partial charge is 0.225 e. The monoisotopic (exact) mass is 334 g/mol. The molecule has 1 aromatic heterocycles. The van der Waals surface area contributed by atoms with Crippen LogP contribution in [0, 0.1) is 11.8 Å². The van der Waals surface area contributed by atoms with Crippen LogP contribution in [0.1, 0.15) is 25.0 Å². The van der Waals surface area contributed by atoms with Gasteiger partial charge in [0.25, 0.3) is 0 Å². The molecular weight excluding hydrogens is 308 g/mol. The van der Waals surface area contributed by atoms with Gasteiger partial charge >= 0.3 is 0 Å². The van der Waals surface area contributed by atoms with Crippen LogP contribution in [0.4, 0.5) is 0 Å². The lowest BCUT2D eigenvalue weighted by molar-refractivity contribution is -0.132. The quantitative estimate of drug-likeness (QED) is 0.902. The molecule has 0 unspecified atom stereocenters. The van der Waals surface area contributed by atoms with E-state index in [0.29, 0.717) is 18.5 Å². The van der Waals surface area contributed by atoms with Crippen molar-refractivity contribution in [2.45, 2.75) is 38.0 Å². The largest absolute Gasteiger partial charge is 0.467 e. The van der Waals surface area contributed by atoms with Gasteiger partial charge in [-0.2, -0.15) is 0 Å². The molecule has 132 valence electrons. The summed E-state index contributed by atoms with van der Waals surface area (Å²) in [7, 11) is 0. The lowest BCUT2D eigenvalue weighted by atomic mass is 9.81. The van der Waals surface area contributed by atoms with Gasteiger partial charge in [0.2, 0.25) is 5.91 Å². The SMILES string of the molecule is O=C(NCc1ccco1)[C@H]1CN(C2CCOCC2)C[C@H]2OCC[C@@H]12. The maximum atomic E-state index is 12.8. The zero-order valence-corrected chi connectivity index (χ0v) is 14.0. The fourth-order valence-corrected chi connectivity index (χ4v) is 4.35. The van der Waals surface area contributed by atoms with Gasteiger partial charge in [0, 0.05) is 44.9 Å². The summed E-state index contributed by atoms with van der Waals surface area (Å²) >= 11 is 0. The van der Waals surface area contributed by atoms with Gasteiger partial charge in [0.15, 0.2) is 0 Å². The second-order valence-corrected chi connectivity index (χ2v) is 7.06. The van der Waals surface area contributed by atoms with Gasteiger partial charge in [-0.25, -0.2) is 0 Å². The molecule has 3 atom stereocenters. The van der Waals surface area contributed by atoms with E-state index in [1.165, 1.54) is 0 Å². The Bertz CT molecular complexity index is 541. The number of carbonyl (C=O) groups is 1. The van der Waals surface area contributed by atoms with Crippen molar-refractivity contribution in [2.24, 2.45) is 11.8 Å². The molecule has 0 spiro atoms. The molecule has 3 fully saturated rings. The second-order valence-electron chi connectivity index (χ2n) is 7.06. The highest BCUT2D eigenvalue weighted by Crippen LogP contribution is 2.35. The van der Waals surface area contributed by atoms with Crippen molar-refractivity contribution in [2.75, 3.05) is 32.9 Å². The molecule has 0 bridgehead atoms. The highest BCUT2D eigenvalue weighted by Gasteiger charge is 2.45. The van der Waals surface area contributed by atoms with Gasteiger partial charge < -0.3 is 19.2 Å². The first-order chi connectivity index (χ1) is 11.8. The van der Waals surface area contributed by atoms with Crippen molar-refractivity contribution in [3.8, 4) is 0 Å². The highest BCUT2D eigenvalue weighted by atomic mass is 16.5. The van der Waals surface area contributed by atoms with Crippen molar-refractivity contribution in [1.29, 1.82) is 0 Å². The summed E-state index contributed by atoms with van der Waals surface area (Å²) in [6, 6.07) is 4.25. The van der Waals surface area contributed by atoms with E-state index in [1.54, 1.807) is 6.26 Å². The Morgan fingerprint density at radius 3 is 2.88 bits per heavy atom. The maximum Gasteiger partial charge on any atom is 0.225 e. The molecule has 3 aliphatic heterocycles. The minimum atomic E-state index is 0.00376. The number of likely N-dealkylation sites (tertiary alicyclic amines) is 1. The van der Waals surface area contributed by atoms with E-state index >= 15 is 0 Å². The van der Waals surface area contributed by atoms with E-state index in [4.69, 9.17) is 13.9 Å². The molecule has 0 aliphatic carbocycles. The van der Waals surface area contributed by atoms with Crippen LogP contribution in [0.15, 0.2) is 22.8 Å². The van der Waals surface area contributed by atoms with Crippen molar-refractivity contribution in [1.82, 2.24) is 10.2 Å². The summed E-state index contributed by atoms with van der Waals surface area (Å²) in [5.74, 6) is 1.27. The number of ether oxygens (including phenoxy) is 2. The summed E-state index contributed by atoms with van der Waals surface area (Å²) in [5, 5.41) is 3.05. The fraction of sp³-hybridized carbons (Fsp3) is 0.722. The number of amides is 1. The molecule has 1 aromatic rings. The van der Waals surface area contributed by atoms with E-state index in [9.17, 15) is 4.79 Å². The standard InChI is InChI=1S/C18H26N2O4/c21-18(19-10-14-2-1-6-23-14)16-11-20(13-3-7-22-8-4-13)12-17-15(16)5-9-24-17/h1-2,6,13,15-17H,3-5,7-12H2,(H,19,21)/t15-,16-,17+/m0/s1. The van der Waals surface area contributed by atoms with Gasteiger partial charge in [0.1, 0.15) is 5.76 Å². The summed E-state index contributed by atoms with van der Waals surface area (Å²) in [5.41, 5.74) is 0. The topological polar surface area (TPSA) is 63.9 Å². The fourth-order valence-electron chi connectivity index (χ4n) is 4.35. The minimum Gasteiger partial charge on any atom is -0.467 e. The van der Waals surface area contributed by atoms with Crippen molar-refractivity contribution < 1.29 is 18.7 Å². The van der Waals surface area contributed by atoms with Crippen LogP contribution in [0.25, 0.3) is 0 Å². The molecule has 3 saturated heterocycles. The van der Waals surface area contributed by atoms with Crippen LogP contribution >= 0.6 is 0 Å². The molecule has 0 aromatic carbocycles. The van der Waals surface area contributed by atoms with Gasteiger partial charge in [-0.3, -0.25) is 9.69 Å². The number of hydrogen-bond acceptors (Lipinski definition) is 5. The molecule has 1 amide bonds. The van der Waals surface area contributed by atoms with Gasteiger partial charge in [0.05, 0.1) is 24.8 Å². The van der Waals surface area contributed by atoms with E-state index in [0.717, 1.165) is 57.9 Å². The van der Waals surface area contributed by atoms with Crippen LogP contribution < -0.4 is 5.32 Å². The summed E-state index contributed by atoms with van der Waals surface area (Å²) < 4.78 is 16.7. The third kappa shape index (κ3) is 3.36. The number of rotatable bonds is 4. The molecule has 4 heterocycles. The molecular formula is C18H26N2O4. The second kappa shape index (κ2) is 7.25. The average Bonchev–Trinajstić information content (AvgIpc) is 3.31. The van der Waals surface area contributed by atoms with Crippen LogP contribution in [0.3, 0.4) is 0 Å². The lowest BCUT2D eigenvalue weighted by Gasteiger charge is -2.44. The summed E-state index contributed by atoms with van der Waals surface area (Å²) in [6.45, 7) is 4.67. The van der Waals surface area contributed by atoms with E-state index in [1.807, 2.05) is 12.1 Å². The number of furan rings is 1. The zero-order valence-electron chi connectivity index (χ0n) is 14.0. The third-order valence-corrected chi connectivity index (χ3v) is 5.68. The molecule has 0 radical (unpaired) electrons. The van der Waals surface area contributed by atoms with E-state index in [-0.39, 0.29) is 17.9 Å². The first kappa shape index (κ1) is 16.1. The molecule has 24 heavy (non-hydrogen) atoms. The first-order valence-electron chi connectivity index (χ1n) is 9.05. The Kier molecular flexibility index (Phi) is 4.87. The molecule has 6 heteroatoms. The van der Waals surface area contributed by atoms with Crippen LogP contribution in [0.2, 0.25) is 0 Å². The van der Waals surface area contributed by atoms with Crippen molar-refractivity contribution in [3.05, 3.63) is 24.2 Å². The summed E-state index contributed by atoms with van der Waals surface area (Å²) in [4.78, 5) is 15.3. The predicted octanol–water partition coefficient (Wildman–Crippen LogP) is 1.41. The van der Waals surface area contributed by atoms with Gasteiger partial charge in [-0.1, -0.05) is 0 Å². The highest BCUT2D eigenvalue weighted by molar-refractivity contribution is 5.79. The van der Waals surface area contributed by atoms with Crippen LogP contribution in [-0.4, -0.2) is 55.9 Å². The number of nitrogens with zero attached hydrogens (tertiary/aromatic N) is 1. The number of piperidine rings is 1. The summed E-state index contributed by atoms with van der Waals surface area (Å²) in [6.07, 6.45) is 4.93. The molecule has 4 rings (SSSR count). The lowest BCUT2D eigenvalue weighted by Crippen LogP contribution is -2.56.